The maximum absolute atomic E-state index is 13.6. The summed E-state index contributed by atoms with van der Waals surface area (Å²) in [4.78, 5) is 1.94. The molecule has 1 aromatic carbocycles. The van der Waals surface area contributed by atoms with Crippen LogP contribution in [0.3, 0.4) is 0 Å². The maximum Gasteiger partial charge on any atom is 0.146 e. The van der Waals surface area contributed by atoms with Crippen molar-refractivity contribution in [1.82, 2.24) is 0 Å². The number of nitrogens with zero attached hydrogens (tertiary/aromatic N) is 1. The molecule has 0 saturated heterocycles. The summed E-state index contributed by atoms with van der Waals surface area (Å²) in [5.41, 5.74) is 1.72. The van der Waals surface area contributed by atoms with Crippen molar-refractivity contribution < 1.29 is 4.39 Å². The Balaban J connectivity index is 2.99. The lowest BCUT2D eigenvalue weighted by Crippen LogP contribution is -2.26. The minimum atomic E-state index is -0.124. The van der Waals surface area contributed by atoms with Crippen LogP contribution in [0.25, 0.3) is 0 Å². The number of aryl methyl sites for hydroxylation is 1. The number of hydrogen-bond donors (Lipinski definition) is 0. The van der Waals surface area contributed by atoms with E-state index in [0.717, 1.165) is 12.0 Å². The van der Waals surface area contributed by atoms with E-state index in [9.17, 15) is 4.39 Å². The third kappa shape index (κ3) is 2.25. The molecule has 0 aliphatic heterocycles. The van der Waals surface area contributed by atoms with E-state index >= 15 is 0 Å². The van der Waals surface area contributed by atoms with E-state index in [1.54, 1.807) is 6.07 Å². The lowest BCUT2D eigenvalue weighted by molar-refractivity contribution is 0.612. The van der Waals surface area contributed by atoms with Crippen LogP contribution in [0.2, 0.25) is 0 Å². The monoisotopic (exact) mass is 195 g/mol. The molecule has 0 amide bonds. The molecule has 1 rings (SSSR count). The van der Waals surface area contributed by atoms with Crippen molar-refractivity contribution in [1.29, 1.82) is 0 Å². The molecule has 0 spiro atoms. The van der Waals surface area contributed by atoms with E-state index in [0.29, 0.717) is 11.7 Å². The summed E-state index contributed by atoms with van der Waals surface area (Å²) in [7, 11) is 1.91. The van der Waals surface area contributed by atoms with Crippen molar-refractivity contribution >= 4 is 5.69 Å². The van der Waals surface area contributed by atoms with E-state index in [2.05, 4.69) is 0 Å². The second-order valence-electron chi connectivity index (χ2n) is 3.84. The van der Waals surface area contributed by atoms with Crippen LogP contribution in [-0.4, -0.2) is 13.1 Å². The summed E-state index contributed by atoms with van der Waals surface area (Å²) >= 11 is 0. The third-order valence-electron chi connectivity index (χ3n) is 2.57. The highest BCUT2D eigenvalue weighted by Gasteiger charge is 2.10. The Morgan fingerprint density at radius 3 is 2.43 bits per heavy atom. The van der Waals surface area contributed by atoms with Crippen LogP contribution >= 0.6 is 0 Å². The lowest BCUT2D eigenvalue weighted by Gasteiger charge is -2.24. The Morgan fingerprint density at radius 2 is 2.00 bits per heavy atom. The highest BCUT2D eigenvalue weighted by Crippen LogP contribution is 2.21. The van der Waals surface area contributed by atoms with Gasteiger partial charge in [0.2, 0.25) is 0 Å². The number of anilines is 1. The van der Waals surface area contributed by atoms with E-state index in [1.165, 1.54) is 0 Å². The van der Waals surface area contributed by atoms with Gasteiger partial charge in [-0.15, -0.1) is 0 Å². The van der Waals surface area contributed by atoms with Crippen LogP contribution in [0.5, 0.6) is 0 Å². The van der Waals surface area contributed by atoms with Gasteiger partial charge in [0, 0.05) is 13.1 Å². The van der Waals surface area contributed by atoms with Crippen molar-refractivity contribution in [3.8, 4) is 0 Å². The molecule has 14 heavy (non-hydrogen) atoms. The second kappa shape index (κ2) is 4.45. The van der Waals surface area contributed by atoms with Gasteiger partial charge < -0.3 is 4.90 Å². The van der Waals surface area contributed by atoms with Crippen LogP contribution in [0, 0.1) is 5.82 Å². The first-order valence-electron chi connectivity index (χ1n) is 5.07. The van der Waals surface area contributed by atoms with E-state index in [4.69, 9.17) is 0 Å². The van der Waals surface area contributed by atoms with Crippen LogP contribution in [0.4, 0.5) is 10.1 Å². The van der Waals surface area contributed by atoms with Gasteiger partial charge in [-0.1, -0.05) is 13.0 Å². The van der Waals surface area contributed by atoms with Crippen molar-refractivity contribution in [3.63, 3.8) is 0 Å². The Kier molecular flexibility index (Phi) is 3.50. The summed E-state index contributed by atoms with van der Waals surface area (Å²) < 4.78 is 13.6. The average molecular weight is 195 g/mol. The Hall–Kier alpha value is -1.05. The van der Waals surface area contributed by atoms with Crippen molar-refractivity contribution in [3.05, 3.63) is 29.6 Å². The number of hydrogen-bond acceptors (Lipinski definition) is 1. The van der Waals surface area contributed by atoms with E-state index < -0.39 is 0 Å². The van der Waals surface area contributed by atoms with E-state index in [1.807, 2.05) is 44.9 Å². The summed E-state index contributed by atoms with van der Waals surface area (Å²) in [5.74, 6) is -0.124. The SMILES string of the molecule is CCc1ccc(N(C)C(C)C)c(F)c1. The number of benzene rings is 1. The Bertz CT molecular complexity index is 307. The minimum absolute atomic E-state index is 0.124. The molecule has 0 aliphatic carbocycles. The Labute approximate surface area is 85.5 Å². The molecule has 0 atom stereocenters. The van der Waals surface area contributed by atoms with Crippen molar-refractivity contribution in [2.75, 3.05) is 11.9 Å². The van der Waals surface area contributed by atoms with Gasteiger partial charge in [0.05, 0.1) is 5.69 Å². The third-order valence-corrected chi connectivity index (χ3v) is 2.57. The first-order chi connectivity index (χ1) is 6.56. The molecule has 1 nitrogen and oxygen atoms in total. The molecule has 0 heterocycles. The quantitative estimate of drug-likeness (QED) is 0.715. The molecular weight excluding hydrogens is 177 g/mol. The van der Waals surface area contributed by atoms with Gasteiger partial charge in [-0.25, -0.2) is 4.39 Å². The summed E-state index contributed by atoms with van der Waals surface area (Å²) in [6, 6.07) is 5.77. The standard InChI is InChI=1S/C12H18FN/c1-5-10-6-7-12(11(13)8-10)14(4)9(2)3/h6-9H,5H2,1-4H3. The van der Waals surface area contributed by atoms with Crippen LogP contribution in [-0.2, 0) is 6.42 Å². The zero-order valence-corrected chi connectivity index (χ0v) is 9.34. The fraction of sp³-hybridized carbons (Fsp3) is 0.500. The second-order valence-corrected chi connectivity index (χ2v) is 3.84. The molecule has 0 N–H and O–H groups in total. The van der Waals surface area contributed by atoms with Crippen molar-refractivity contribution in [2.45, 2.75) is 33.2 Å². The average Bonchev–Trinajstić information content (AvgIpc) is 2.16. The predicted octanol–water partition coefficient (Wildman–Crippen LogP) is 3.23. The van der Waals surface area contributed by atoms with Gasteiger partial charge in [-0.05, 0) is 38.0 Å². The van der Waals surface area contributed by atoms with E-state index in [-0.39, 0.29) is 5.82 Å². The molecule has 0 aliphatic rings. The zero-order valence-electron chi connectivity index (χ0n) is 9.34. The topological polar surface area (TPSA) is 3.24 Å². The van der Waals surface area contributed by atoms with Crippen LogP contribution in [0.1, 0.15) is 26.3 Å². The number of halogens is 1. The summed E-state index contributed by atoms with van der Waals surface area (Å²) in [6.07, 6.45) is 0.878. The first-order valence-corrected chi connectivity index (χ1v) is 5.07. The smallest absolute Gasteiger partial charge is 0.146 e. The molecule has 0 radical (unpaired) electrons. The molecule has 1 aromatic rings. The highest BCUT2D eigenvalue weighted by molar-refractivity contribution is 5.49. The molecule has 78 valence electrons. The highest BCUT2D eigenvalue weighted by atomic mass is 19.1. The van der Waals surface area contributed by atoms with Gasteiger partial charge in [0.1, 0.15) is 5.82 Å². The normalized spacial score (nSPS) is 10.7. The summed E-state index contributed by atoms with van der Waals surface area (Å²) in [5, 5.41) is 0. The maximum atomic E-state index is 13.6. The minimum Gasteiger partial charge on any atom is -0.370 e. The van der Waals surface area contributed by atoms with Gasteiger partial charge in [0.15, 0.2) is 0 Å². The predicted molar refractivity (Wildman–Crippen MR) is 59.3 cm³/mol. The Morgan fingerprint density at radius 1 is 1.36 bits per heavy atom. The largest absolute Gasteiger partial charge is 0.370 e. The van der Waals surface area contributed by atoms with Crippen LogP contribution < -0.4 is 4.90 Å². The van der Waals surface area contributed by atoms with Gasteiger partial charge in [-0.2, -0.15) is 0 Å². The van der Waals surface area contributed by atoms with Crippen LogP contribution in [0.15, 0.2) is 18.2 Å². The first kappa shape index (κ1) is 11.0. The van der Waals surface area contributed by atoms with Gasteiger partial charge >= 0.3 is 0 Å². The number of rotatable bonds is 3. The van der Waals surface area contributed by atoms with Gasteiger partial charge in [0.25, 0.3) is 0 Å². The fourth-order valence-corrected chi connectivity index (χ4v) is 1.33. The zero-order chi connectivity index (χ0) is 10.7. The summed E-state index contributed by atoms with van der Waals surface area (Å²) in [6.45, 7) is 6.13. The molecule has 0 bridgehead atoms. The fourth-order valence-electron chi connectivity index (χ4n) is 1.33. The molecule has 0 saturated carbocycles. The molecule has 0 fully saturated rings. The molecule has 0 aromatic heterocycles. The molecule has 2 heteroatoms. The molecular formula is C12H18FN. The lowest BCUT2D eigenvalue weighted by atomic mass is 10.1. The molecule has 0 unspecified atom stereocenters. The van der Waals surface area contributed by atoms with Crippen molar-refractivity contribution in [2.24, 2.45) is 0 Å². The van der Waals surface area contributed by atoms with Gasteiger partial charge in [-0.3, -0.25) is 0 Å².